The number of allylic oxidation sites excluding steroid dienone is 1. The highest BCUT2D eigenvalue weighted by Crippen LogP contribution is 2.32. The van der Waals surface area contributed by atoms with E-state index in [2.05, 4.69) is 17.2 Å². The molecular weight excluding hydrogens is 431 g/mol. The van der Waals surface area contributed by atoms with Crippen molar-refractivity contribution in [2.45, 2.75) is 25.6 Å². The fourth-order valence-electron chi connectivity index (χ4n) is 2.81. The molecule has 2 rings (SSSR count). The van der Waals surface area contributed by atoms with E-state index in [0.29, 0.717) is 5.69 Å². The molecule has 1 atom stereocenters. The molecular formula is C22H23F5N4O. The first-order valence-electron chi connectivity index (χ1n) is 9.39. The van der Waals surface area contributed by atoms with Crippen LogP contribution in [0.1, 0.15) is 24.1 Å². The Kier molecular flexibility index (Phi) is 7.85. The van der Waals surface area contributed by atoms with Crippen molar-refractivity contribution in [3.05, 3.63) is 83.4 Å². The SMILES string of the molecule is C=C(NC(C)c1ccc(N)cc1)/C(C(=N)C(F)F)=C(/NC)Oc1cccc(C(F)(F)F)c1. The van der Waals surface area contributed by atoms with E-state index in [-0.39, 0.29) is 17.3 Å². The van der Waals surface area contributed by atoms with Crippen molar-refractivity contribution >= 4 is 11.4 Å². The molecule has 0 radical (unpaired) electrons. The van der Waals surface area contributed by atoms with Gasteiger partial charge in [-0.3, -0.25) is 5.41 Å². The van der Waals surface area contributed by atoms with Crippen molar-refractivity contribution in [3.8, 4) is 5.75 Å². The van der Waals surface area contributed by atoms with Gasteiger partial charge in [-0.2, -0.15) is 13.2 Å². The van der Waals surface area contributed by atoms with Gasteiger partial charge in [-0.25, -0.2) is 8.78 Å². The van der Waals surface area contributed by atoms with Crippen LogP contribution in [0.4, 0.5) is 27.6 Å². The van der Waals surface area contributed by atoms with Gasteiger partial charge in [0.25, 0.3) is 6.43 Å². The molecule has 2 aromatic carbocycles. The zero-order chi connectivity index (χ0) is 24.1. The average Bonchev–Trinajstić information content (AvgIpc) is 2.73. The summed E-state index contributed by atoms with van der Waals surface area (Å²) in [5.74, 6) is -0.597. The third-order valence-electron chi connectivity index (χ3n) is 4.45. The van der Waals surface area contributed by atoms with Gasteiger partial charge in [0.1, 0.15) is 11.5 Å². The van der Waals surface area contributed by atoms with E-state index in [0.717, 1.165) is 23.8 Å². The topological polar surface area (TPSA) is 83.2 Å². The minimum absolute atomic E-state index is 0.0732. The molecule has 0 aliphatic heterocycles. The summed E-state index contributed by atoms with van der Waals surface area (Å²) in [7, 11) is 1.33. The van der Waals surface area contributed by atoms with Crippen LogP contribution >= 0.6 is 0 Å². The summed E-state index contributed by atoms with van der Waals surface area (Å²) in [6.07, 6.45) is -7.79. The Morgan fingerprint density at radius 3 is 2.28 bits per heavy atom. The fraction of sp³-hybridized carbons (Fsp3) is 0.227. The number of alkyl halides is 5. The fourth-order valence-corrected chi connectivity index (χ4v) is 2.81. The molecule has 0 saturated carbocycles. The van der Waals surface area contributed by atoms with Crippen molar-refractivity contribution in [2.75, 3.05) is 12.8 Å². The van der Waals surface area contributed by atoms with E-state index in [1.54, 1.807) is 31.2 Å². The predicted octanol–water partition coefficient (Wildman–Crippen LogP) is 5.25. The highest BCUT2D eigenvalue weighted by atomic mass is 19.4. The largest absolute Gasteiger partial charge is 0.441 e. The molecule has 172 valence electrons. The van der Waals surface area contributed by atoms with Gasteiger partial charge in [0, 0.05) is 24.5 Å². The number of hydrogen-bond donors (Lipinski definition) is 4. The number of nitrogens with one attached hydrogen (secondary N) is 3. The number of ether oxygens (including phenoxy) is 1. The quantitative estimate of drug-likeness (QED) is 0.137. The van der Waals surface area contributed by atoms with Crippen LogP contribution in [0.5, 0.6) is 5.75 Å². The van der Waals surface area contributed by atoms with E-state index in [1.165, 1.54) is 13.1 Å². The third kappa shape index (κ3) is 6.22. The van der Waals surface area contributed by atoms with E-state index >= 15 is 0 Å². The Morgan fingerprint density at radius 2 is 1.75 bits per heavy atom. The molecule has 0 saturated heterocycles. The zero-order valence-electron chi connectivity index (χ0n) is 17.4. The number of nitrogen functional groups attached to an aromatic ring is 1. The zero-order valence-corrected chi connectivity index (χ0v) is 17.4. The number of halogens is 5. The Hall–Kier alpha value is -3.56. The van der Waals surface area contributed by atoms with E-state index in [4.69, 9.17) is 15.9 Å². The minimum atomic E-state index is -4.61. The molecule has 0 amide bonds. The van der Waals surface area contributed by atoms with Gasteiger partial charge in [0.15, 0.2) is 0 Å². The van der Waals surface area contributed by atoms with Crippen LogP contribution < -0.4 is 21.1 Å². The van der Waals surface area contributed by atoms with Crippen molar-refractivity contribution in [3.63, 3.8) is 0 Å². The highest BCUT2D eigenvalue weighted by Gasteiger charge is 2.31. The molecule has 0 spiro atoms. The number of rotatable bonds is 9. The number of hydrogen-bond acceptors (Lipinski definition) is 5. The van der Waals surface area contributed by atoms with Crippen molar-refractivity contribution < 1.29 is 26.7 Å². The minimum Gasteiger partial charge on any atom is -0.441 e. The van der Waals surface area contributed by atoms with Crippen LogP contribution in [0.25, 0.3) is 0 Å². The van der Waals surface area contributed by atoms with Gasteiger partial charge in [0.05, 0.1) is 11.1 Å². The molecule has 0 fully saturated rings. The lowest BCUT2D eigenvalue weighted by atomic mass is 10.0. The second-order valence-electron chi connectivity index (χ2n) is 6.81. The lowest BCUT2D eigenvalue weighted by Gasteiger charge is -2.23. The number of benzene rings is 2. The molecule has 1 unspecified atom stereocenters. The van der Waals surface area contributed by atoms with Crippen LogP contribution in [0, 0.1) is 5.41 Å². The molecule has 0 aliphatic rings. The van der Waals surface area contributed by atoms with Crippen LogP contribution in [-0.4, -0.2) is 19.2 Å². The highest BCUT2D eigenvalue weighted by molar-refractivity contribution is 6.04. The maximum Gasteiger partial charge on any atom is 0.416 e. The molecule has 0 aliphatic carbocycles. The van der Waals surface area contributed by atoms with E-state index < -0.39 is 35.5 Å². The second-order valence-corrected chi connectivity index (χ2v) is 6.81. The monoisotopic (exact) mass is 454 g/mol. The van der Waals surface area contributed by atoms with Gasteiger partial charge in [-0.15, -0.1) is 0 Å². The normalized spacial score (nSPS) is 13.2. The summed E-state index contributed by atoms with van der Waals surface area (Å²) < 4.78 is 71.3. The van der Waals surface area contributed by atoms with E-state index in [1.807, 2.05) is 0 Å². The Labute approximate surface area is 182 Å². The van der Waals surface area contributed by atoms with Gasteiger partial charge in [0.2, 0.25) is 5.88 Å². The van der Waals surface area contributed by atoms with Crippen molar-refractivity contribution in [1.82, 2.24) is 10.6 Å². The smallest absolute Gasteiger partial charge is 0.416 e. The lowest BCUT2D eigenvalue weighted by Crippen LogP contribution is -2.29. The maximum atomic E-state index is 13.4. The molecule has 10 heteroatoms. The molecule has 0 aromatic heterocycles. The first-order chi connectivity index (χ1) is 14.9. The molecule has 32 heavy (non-hydrogen) atoms. The molecule has 5 nitrogen and oxygen atoms in total. The predicted molar refractivity (Wildman–Crippen MR) is 113 cm³/mol. The summed E-state index contributed by atoms with van der Waals surface area (Å²) in [4.78, 5) is 0. The number of nitrogens with two attached hydrogens (primary N) is 1. The van der Waals surface area contributed by atoms with Crippen LogP contribution in [-0.2, 0) is 6.18 Å². The van der Waals surface area contributed by atoms with Gasteiger partial charge < -0.3 is 21.1 Å². The number of anilines is 1. The summed E-state index contributed by atoms with van der Waals surface area (Å²) in [6, 6.07) is 10.4. The van der Waals surface area contributed by atoms with Crippen LogP contribution in [0.2, 0.25) is 0 Å². The van der Waals surface area contributed by atoms with Crippen LogP contribution in [0.3, 0.4) is 0 Å². The van der Waals surface area contributed by atoms with Gasteiger partial charge >= 0.3 is 6.18 Å². The molecule has 5 N–H and O–H groups in total. The van der Waals surface area contributed by atoms with Crippen molar-refractivity contribution in [1.29, 1.82) is 5.41 Å². The lowest BCUT2D eigenvalue weighted by molar-refractivity contribution is -0.137. The first kappa shape index (κ1) is 24.7. The summed E-state index contributed by atoms with van der Waals surface area (Å²) in [5, 5.41) is 13.3. The Morgan fingerprint density at radius 1 is 1.12 bits per heavy atom. The summed E-state index contributed by atoms with van der Waals surface area (Å²) >= 11 is 0. The molecule has 0 heterocycles. The van der Waals surface area contributed by atoms with E-state index in [9.17, 15) is 22.0 Å². The second kappa shape index (κ2) is 10.2. The van der Waals surface area contributed by atoms with Gasteiger partial charge in [-0.1, -0.05) is 24.8 Å². The third-order valence-corrected chi connectivity index (χ3v) is 4.45. The molecule has 2 aromatic rings. The first-order valence-corrected chi connectivity index (χ1v) is 9.39. The van der Waals surface area contributed by atoms with Crippen LogP contribution in [0.15, 0.2) is 72.3 Å². The Bertz CT molecular complexity index is 1000. The Balaban J connectivity index is 2.40. The summed E-state index contributed by atoms with van der Waals surface area (Å²) in [5.41, 5.74) is 4.44. The standard InChI is InChI=1S/C22H23F5N4O/c1-12(14-7-9-16(28)10-8-14)31-13(2)18(19(29)20(23)24)21(30-3)32-17-6-4-5-15(11-17)22(25,26)27/h4-12,20,29-31H,2,28H2,1,3H3/b21-18+,29-19?. The van der Waals surface area contributed by atoms with Crippen molar-refractivity contribution in [2.24, 2.45) is 0 Å². The summed E-state index contributed by atoms with van der Waals surface area (Å²) in [6.45, 7) is 5.48. The molecule has 0 bridgehead atoms. The maximum absolute atomic E-state index is 13.4. The van der Waals surface area contributed by atoms with Gasteiger partial charge in [-0.05, 0) is 42.8 Å². The average molecular weight is 454 g/mol.